The van der Waals surface area contributed by atoms with Crippen molar-refractivity contribution in [3.05, 3.63) is 0 Å². The van der Waals surface area contributed by atoms with E-state index in [0.717, 1.165) is 25.9 Å². The van der Waals surface area contributed by atoms with Gasteiger partial charge in [0.25, 0.3) is 0 Å². The minimum Gasteiger partial charge on any atom is -0.330 e. The summed E-state index contributed by atoms with van der Waals surface area (Å²) >= 11 is 3.69. The largest absolute Gasteiger partial charge is 0.330 e. The Morgan fingerprint density at radius 1 is 0.833 bits per heavy atom. The van der Waals surface area contributed by atoms with Crippen molar-refractivity contribution in [2.24, 2.45) is 11.5 Å². The number of hydrogen-bond acceptors (Lipinski definition) is 4. The van der Waals surface area contributed by atoms with Gasteiger partial charge in [-0.15, -0.1) is 0 Å². The predicted molar refractivity (Wildman–Crippen MR) is 64.1 cm³/mol. The minimum atomic E-state index is 0.834. The van der Waals surface area contributed by atoms with Crippen LogP contribution in [0.1, 0.15) is 12.8 Å². The van der Waals surface area contributed by atoms with Crippen molar-refractivity contribution < 1.29 is 0 Å². The Balaban J connectivity index is 0. The number of hydrogen-bond donors (Lipinski definition) is 2. The van der Waals surface area contributed by atoms with E-state index in [9.17, 15) is 0 Å². The molecule has 0 amide bonds. The zero-order chi connectivity index (χ0) is 9.66. The van der Waals surface area contributed by atoms with Crippen LogP contribution in [0.25, 0.3) is 0 Å². The molecule has 12 heavy (non-hydrogen) atoms. The molecular weight excluding hydrogens is 188 g/mol. The van der Waals surface area contributed by atoms with E-state index < -0.39 is 0 Å². The van der Waals surface area contributed by atoms with Crippen LogP contribution in [-0.2, 0) is 0 Å². The lowest BCUT2D eigenvalue weighted by atomic mass is 10.5. The first-order valence-electron chi connectivity index (χ1n) is 4.21. The average molecular weight is 210 g/mol. The first-order valence-corrected chi connectivity index (χ1v) is 7.00. The Bertz CT molecular complexity index is 47.0. The molecule has 0 atom stereocenters. The summed E-state index contributed by atoms with van der Waals surface area (Å²) in [7, 11) is 0. The van der Waals surface area contributed by atoms with Crippen LogP contribution in [-0.4, -0.2) is 37.1 Å². The van der Waals surface area contributed by atoms with E-state index >= 15 is 0 Å². The molecule has 0 aliphatic carbocycles. The molecule has 0 fully saturated rings. The molecule has 0 saturated heterocycles. The summed E-state index contributed by atoms with van der Waals surface area (Å²) < 4.78 is 0. The summed E-state index contributed by atoms with van der Waals surface area (Å²) in [5.74, 6) is 2.41. The van der Waals surface area contributed by atoms with Gasteiger partial charge in [0.1, 0.15) is 0 Å². The molecule has 0 aromatic rings. The molecule has 76 valence electrons. The van der Waals surface area contributed by atoms with Gasteiger partial charge < -0.3 is 11.5 Å². The molecule has 0 aliphatic heterocycles. The number of nitrogens with two attached hydrogens (primary N) is 2. The van der Waals surface area contributed by atoms with E-state index in [1.54, 1.807) is 0 Å². The maximum atomic E-state index is 5.20. The zero-order valence-corrected chi connectivity index (χ0v) is 9.85. The highest BCUT2D eigenvalue weighted by Gasteiger charge is 1.75. The third kappa shape index (κ3) is 22.4. The highest BCUT2D eigenvalue weighted by molar-refractivity contribution is 7.98. The lowest BCUT2D eigenvalue weighted by Gasteiger charge is -1.86. The van der Waals surface area contributed by atoms with E-state index in [1.807, 2.05) is 23.5 Å². The van der Waals surface area contributed by atoms with Gasteiger partial charge in [0, 0.05) is 0 Å². The van der Waals surface area contributed by atoms with Gasteiger partial charge in [-0.3, -0.25) is 0 Å². The van der Waals surface area contributed by atoms with Crippen molar-refractivity contribution in [1.29, 1.82) is 0 Å². The monoisotopic (exact) mass is 210 g/mol. The van der Waals surface area contributed by atoms with Gasteiger partial charge in [0.2, 0.25) is 0 Å². The SMILES string of the molecule is CSCCCN.CSCCCN. The maximum absolute atomic E-state index is 5.20. The van der Waals surface area contributed by atoms with Crippen molar-refractivity contribution >= 4 is 23.5 Å². The van der Waals surface area contributed by atoms with E-state index in [1.165, 1.54) is 11.5 Å². The minimum absolute atomic E-state index is 0.834. The lowest BCUT2D eigenvalue weighted by Crippen LogP contribution is -1.98. The summed E-state index contributed by atoms with van der Waals surface area (Å²) in [6, 6.07) is 0. The van der Waals surface area contributed by atoms with Gasteiger partial charge in [-0.2, -0.15) is 23.5 Å². The first-order chi connectivity index (χ1) is 5.83. The molecule has 0 aromatic carbocycles. The van der Waals surface area contributed by atoms with Crippen LogP contribution in [0.2, 0.25) is 0 Å². The normalized spacial score (nSPS) is 9.00. The van der Waals surface area contributed by atoms with E-state index in [0.29, 0.717) is 0 Å². The maximum Gasteiger partial charge on any atom is -0.00583 e. The van der Waals surface area contributed by atoms with Crippen LogP contribution >= 0.6 is 23.5 Å². The molecule has 0 aromatic heterocycles. The molecule has 4 N–H and O–H groups in total. The molecule has 0 bridgehead atoms. The zero-order valence-electron chi connectivity index (χ0n) is 8.21. The fourth-order valence-corrected chi connectivity index (χ4v) is 1.37. The number of thioether (sulfide) groups is 2. The molecule has 0 aliphatic rings. The fourth-order valence-electron chi connectivity index (χ4n) is 0.455. The van der Waals surface area contributed by atoms with Crippen molar-refractivity contribution in [3.63, 3.8) is 0 Å². The predicted octanol–water partition coefficient (Wildman–Crippen LogP) is 1.40. The Morgan fingerprint density at radius 2 is 1.17 bits per heavy atom. The van der Waals surface area contributed by atoms with Crippen LogP contribution in [0.5, 0.6) is 0 Å². The highest BCUT2D eigenvalue weighted by atomic mass is 32.2. The summed E-state index contributed by atoms with van der Waals surface area (Å²) in [5.41, 5.74) is 10.4. The second-order valence-electron chi connectivity index (χ2n) is 2.27. The highest BCUT2D eigenvalue weighted by Crippen LogP contribution is 1.91. The summed E-state index contributed by atoms with van der Waals surface area (Å²) in [5, 5.41) is 0. The molecule has 0 spiro atoms. The molecule has 0 saturated carbocycles. The van der Waals surface area contributed by atoms with Gasteiger partial charge >= 0.3 is 0 Å². The van der Waals surface area contributed by atoms with Crippen LogP contribution in [0.15, 0.2) is 0 Å². The smallest absolute Gasteiger partial charge is 0.00583 e. The second-order valence-corrected chi connectivity index (χ2v) is 4.24. The molecule has 0 rings (SSSR count). The van der Waals surface area contributed by atoms with Crippen molar-refractivity contribution in [2.75, 3.05) is 37.1 Å². The van der Waals surface area contributed by atoms with Gasteiger partial charge in [0.15, 0.2) is 0 Å². The topological polar surface area (TPSA) is 52.0 Å². The van der Waals surface area contributed by atoms with E-state index in [4.69, 9.17) is 11.5 Å². The van der Waals surface area contributed by atoms with Gasteiger partial charge in [-0.05, 0) is 49.9 Å². The Labute approximate surface area is 85.2 Å². The Hall–Kier alpha value is 0.620. The molecule has 0 heterocycles. The summed E-state index contributed by atoms with van der Waals surface area (Å²) in [6.07, 6.45) is 6.49. The molecular formula is C8H22N2S2. The second kappa shape index (κ2) is 17.6. The third-order valence-electron chi connectivity index (χ3n) is 1.11. The first kappa shape index (κ1) is 15.1. The Kier molecular flexibility index (Phi) is 22.2. The quantitative estimate of drug-likeness (QED) is 0.651. The van der Waals surface area contributed by atoms with E-state index in [2.05, 4.69) is 12.5 Å². The van der Waals surface area contributed by atoms with Crippen LogP contribution in [0.4, 0.5) is 0 Å². The number of rotatable bonds is 6. The Morgan fingerprint density at radius 3 is 1.25 bits per heavy atom. The lowest BCUT2D eigenvalue weighted by molar-refractivity contribution is 0.944. The van der Waals surface area contributed by atoms with Crippen LogP contribution < -0.4 is 11.5 Å². The average Bonchev–Trinajstić information content (AvgIpc) is 2.12. The summed E-state index contributed by atoms with van der Waals surface area (Å²) in [4.78, 5) is 0. The van der Waals surface area contributed by atoms with Gasteiger partial charge in [-0.1, -0.05) is 0 Å². The van der Waals surface area contributed by atoms with Crippen molar-refractivity contribution in [3.8, 4) is 0 Å². The van der Waals surface area contributed by atoms with Crippen LogP contribution in [0.3, 0.4) is 0 Å². The third-order valence-corrected chi connectivity index (χ3v) is 2.50. The molecule has 0 unspecified atom stereocenters. The standard InChI is InChI=1S/2C4H11NS/c2*1-6-4-2-3-5/h2*2-5H2,1H3. The molecule has 2 nitrogen and oxygen atoms in total. The van der Waals surface area contributed by atoms with Crippen molar-refractivity contribution in [1.82, 2.24) is 0 Å². The van der Waals surface area contributed by atoms with Gasteiger partial charge in [0.05, 0.1) is 0 Å². The van der Waals surface area contributed by atoms with E-state index in [-0.39, 0.29) is 0 Å². The summed E-state index contributed by atoms with van der Waals surface area (Å²) in [6.45, 7) is 1.67. The molecule has 0 radical (unpaired) electrons. The molecule has 4 heteroatoms. The van der Waals surface area contributed by atoms with Gasteiger partial charge in [-0.25, -0.2) is 0 Å². The van der Waals surface area contributed by atoms with Crippen LogP contribution in [0, 0.1) is 0 Å². The van der Waals surface area contributed by atoms with Crippen molar-refractivity contribution in [2.45, 2.75) is 12.8 Å². The fraction of sp³-hybridized carbons (Fsp3) is 1.00.